The highest BCUT2D eigenvalue weighted by Crippen LogP contribution is 2.34. The molecule has 0 spiro atoms. The third-order valence-corrected chi connectivity index (χ3v) is 2.98. The van der Waals surface area contributed by atoms with Gasteiger partial charge >= 0.3 is 0 Å². The Balaban J connectivity index is 1.83. The molecule has 1 aliphatic rings. The number of rotatable bonds is 6. The van der Waals surface area contributed by atoms with Gasteiger partial charge < -0.3 is 19.1 Å². The number of carbonyl (C=O) groups excluding carboxylic acids is 1. The lowest BCUT2D eigenvalue weighted by Gasteiger charge is -2.17. The van der Waals surface area contributed by atoms with E-state index in [1.54, 1.807) is 30.1 Å². The van der Waals surface area contributed by atoms with Gasteiger partial charge in [0.25, 0.3) is 5.91 Å². The van der Waals surface area contributed by atoms with Crippen molar-refractivity contribution in [1.82, 2.24) is 4.90 Å². The number of nitrogens with zero attached hydrogens (tertiary/aromatic N) is 1. The summed E-state index contributed by atoms with van der Waals surface area (Å²) < 4.78 is 15.9. The predicted molar refractivity (Wildman–Crippen MR) is 70.6 cm³/mol. The first-order valence-electron chi connectivity index (χ1n) is 6.47. The standard InChI is InChI=1S/C14H19NO4/c1-3-4-7-15(2)14(16)9-17-11-5-6-12-13(8-11)19-10-18-12/h5-6,8H,3-4,7,9-10H2,1-2H3. The molecule has 19 heavy (non-hydrogen) atoms. The molecule has 104 valence electrons. The molecule has 2 rings (SSSR count). The summed E-state index contributed by atoms with van der Waals surface area (Å²) in [6.45, 7) is 3.14. The van der Waals surface area contributed by atoms with Crippen molar-refractivity contribution in [1.29, 1.82) is 0 Å². The van der Waals surface area contributed by atoms with Crippen molar-refractivity contribution in [2.24, 2.45) is 0 Å². The summed E-state index contributed by atoms with van der Waals surface area (Å²) >= 11 is 0. The first-order chi connectivity index (χ1) is 9.20. The molecule has 0 bridgehead atoms. The molecule has 1 aromatic carbocycles. The van der Waals surface area contributed by atoms with Crippen molar-refractivity contribution in [2.45, 2.75) is 19.8 Å². The Morgan fingerprint density at radius 2 is 2.16 bits per heavy atom. The van der Waals surface area contributed by atoms with Gasteiger partial charge in [0.2, 0.25) is 6.79 Å². The topological polar surface area (TPSA) is 48.0 Å². The van der Waals surface area contributed by atoms with Crippen LogP contribution in [0, 0.1) is 0 Å². The van der Waals surface area contributed by atoms with Gasteiger partial charge in [-0.3, -0.25) is 4.79 Å². The number of amides is 1. The average Bonchev–Trinajstić information content (AvgIpc) is 2.89. The van der Waals surface area contributed by atoms with E-state index in [9.17, 15) is 4.79 Å². The summed E-state index contributed by atoms with van der Waals surface area (Å²) in [7, 11) is 1.79. The van der Waals surface area contributed by atoms with Gasteiger partial charge in [0, 0.05) is 19.7 Å². The van der Waals surface area contributed by atoms with Crippen LogP contribution < -0.4 is 14.2 Å². The number of ether oxygens (including phenoxy) is 3. The molecule has 0 aliphatic carbocycles. The lowest BCUT2D eigenvalue weighted by atomic mass is 10.3. The van der Waals surface area contributed by atoms with Crippen LogP contribution in [0.15, 0.2) is 18.2 Å². The molecule has 5 heteroatoms. The van der Waals surface area contributed by atoms with Crippen LogP contribution in [0.4, 0.5) is 0 Å². The van der Waals surface area contributed by atoms with Crippen molar-refractivity contribution in [3.05, 3.63) is 18.2 Å². The van der Waals surface area contributed by atoms with Crippen molar-refractivity contribution < 1.29 is 19.0 Å². The highest BCUT2D eigenvalue weighted by molar-refractivity contribution is 5.77. The number of hydrogen-bond acceptors (Lipinski definition) is 4. The highest BCUT2D eigenvalue weighted by Gasteiger charge is 2.15. The van der Waals surface area contributed by atoms with E-state index in [1.165, 1.54) is 0 Å². The average molecular weight is 265 g/mol. The Morgan fingerprint density at radius 1 is 1.37 bits per heavy atom. The zero-order chi connectivity index (χ0) is 13.7. The maximum Gasteiger partial charge on any atom is 0.260 e. The fraction of sp³-hybridized carbons (Fsp3) is 0.500. The Labute approximate surface area is 113 Å². The second kappa shape index (κ2) is 6.31. The number of hydrogen-bond donors (Lipinski definition) is 0. The van der Waals surface area contributed by atoms with E-state index in [2.05, 4.69) is 6.92 Å². The monoisotopic (exact) mass is 265 g/mol. The summed E-state index contributed by atoms with van der Waals surface area (Å²) in [5, 5.41) is 0. The number of benzene rings is 1. The number of carbonyl (C=O) groups is 1. The van der Waals surface area contributed by atoms with Crippen LogP contribution in [-0.4, -0.2) is 37.8 Å². The largest absolute Gasteiger partial charge is 0.484 e. The Morgan fingerprint density at radius 3 is 2.95 bits per heavy atom. The van der Waals surface area contributed by atoms with Crippen molar-refractivity contribution in [3.63, 3.8) is 0 Å². The first kappa shape index (κ1) is 13.5. The lowest BCUT2D eigenvalue weighted by Crippen LogP contribution is -2.32. The van der Waals surface area contributed by atoms with Crippen molar-refractivity contribution >= 4 is 5.91 Å². The van der Waals surface area contributed by atoms with Gasteiger partial charge in [-0.2, -0.15) is 0 Å². The molecule has 0 radical (unpaired) electrons. The predicted octanol–water partition coefficient (Wildman–Crippen LogP) is 2.05. The van der Waals surface area contributed by atoms with Crippen LogP contribution >= 0.6 is 0 Å². The first-order valence-corrected chi connectivity index (χ1v) is 6.47. The molecule has 1 heterocycles. The van der Waals surface area contributed by atoms with Crippen LogP contribution in [0.3, 0.4) is 0 Å². The van der Waals surface area contributed by atoms with E-state index in [-0.39, 0.29) is 19.3 Å². The minimum Gasteiger partial charge on any atom is -0.484 e. The molecule has 5 nitrogen and oxygen atoms in total. The summed E-state index contributed by atoms with van der Waals surface area (Å²) in [6.07, 6.45) is 2.08. The van der Waals surface area contributed by atoms with E-state index in [4.69, 9.17) is 14.2 Å². The molecule has 0 unspecified atom stereocenters. The summed E-state index contributed by atoms with van der Waals surface area (Å²) in [5.74, 6) is 1.95. The third-order valence-electron chi connectivity index (χ3n) is 2.98. The van der Waals surface area contributed by atoms with E-state index >= 15 is 0 Å². The molecule has 1 aliphatic heterocycles. The quantitative estimate of drug-likeness (QED) is 0.790. The second-order valence-corrected chi connectivity index (χ2v) is 4.47. The molecular formula is C14H19NO4. The molecule has 0 atom stereocenters. The Hall–Kier alpha value is -1.91. The number of unbranched alkanes of at least 4 members (excludes halogenated alkanes) is 1. The summed E-state index contributed by atoms with van der Waals surface area (Å²) in [4.78, 5) is 13.5. The second-order valence-electron chi connectivity index (χ2n) is 4.47. The Kier molecular flexibility index (Phi) is 4.49. The van der Waals surface area contributed by atoms with Gasteiger partial charge in [0.15, 0.2) is 18.1 Å². The maximum absolute atomic E-state index is 11.8. The van der Waals surface area contributed by atoms with E-state index in [0.717, 1.165) is 19.4 Å². The van der Waals surface area contributed by atoms with Crippen LogP contribution in [0.1, 0.15) is 19.8 Å². The molecule has 1 amide bonds. The summed E-state index contributed by atoms with van der Waals surface area (Å²) in [5.41, 5.74) is 0. The van der Waals surface area contributed by atoms with Crippen LogP contribution in [0.2, 0.25) is 0 Å². The number of likely N-dealkylation sites (N-methyl/N-ethyl adjacent to an activating group) is 1. The highest BCUT2D eigenvalue weighted by atomic mass is 16.7. The van der Waals surface area contributed by atoms with Gasteiger partial charge in [0.05, 0.1) is 0 Å². The summed E-state index contributed by atoms with van der Waals surface area (Å²) in [6, 6.07) is 5.29. The van der Waals surface area contributed by atoms with Gasteiger partial charge in [0.1, 0.15) is 5.75 Å². The van der Waals surface area contributed by atoms with Gasteiger partial charge in [-0.15, -0.1) is 0 Å². The number of fused-ring (bicyclic) bond motifs is 1. The van der Waals surface area contributed by atoms with Crippen molar-refractivity contribution in [2.75, 3.05) is 27.0 Å². The molecule has 0 aromatic heterocycles. The van der Waals surface area contributed by atoms with Crippen LogP contribution in [-0.2, 0) is 4.79 Å². The fourth-order valence-electron chi connectivity index (χ4n) is 1.74. The van der Waals surface area contributed by atoms with Gasteiger partial charge in [-0.05, 0) is 18.6 Å². The molecule has 0 saturated carbocycles. The van der Waals surface area contributed by atoms with Crippen LogP contribution in [0.5, 0.6) is 17.2 Å². The van der Waals surface area contributed by atoms with Crippen molar-refractivity contribution in [3.8, 4) is 17.2 Å². The molecule has 0 fully saturated rings. The maximum atomic E-state index is 11.8. The zero-order valence-corrected chi connectivity index (χ0v) is 11.3. The fourth-order valence-corrected chi connectivity index (χ4v) is 1.74. The minimum absolute atomic E-state index is 0.0221. The smallest absolute Gasteiger partial charge is 0.260 e. The van der Waals surface area contributed by atoms with E-state index in [1.807, 2.05) is 0 Å². The zero-order valence-electron chi connectivity index (χ0n) is 11.3. The van der Waals surface area contributed by atoms with Crippen LogP contribution in [0.25, 0.3) is 0 Å². The SMILES string of the molecule is CCCCN(C)C(=O)COc1ccc2c(c1)OCO2. The Bertz CT molecular complexity index is 447. The van der Waals surface area contributed by atoms with Gasteiger partial charge in [-0.25, -0.2) is 0 Å². The molecule has 1 aromatic rings. The molecule has 0 saturated heterocycles. The van der Waals surface area contributed by atoms with E-state index < -0.39 is 0 Å². The van der Waals surface area contributed by atoms with E-state index in [0.29, 0.717) is 17.2 Å². The van der Waals surface area contributed by atoms with Gasteiger partial charge in [-0.1, -0.05) is 13.3 Å². The molecular weight excluding hydrogens is 246 g/mol. The lowest BCUT2D eigenvalue weighted by molar-refractivity contribution is -0.132. The molecule has 0 N–H and O–H groups in total. The minimum atomic E-state index is -0.0221. The normalized spacial score (nSPS) is 12.3. The third kappa shape index (κ3) is 3.53.